The van der Waals surface area contributed by atoms with E-state index in [4.69, 9.17) is 14.0 Å². The smallest absolute Gasteiger partial charge is 0.443 e. The molecule has 2 aliphatic heterocycles. The minimum absolute atomic E-state index is 0.0918. The Morgan fingerprint density at radius 1 is 1.16 bits per heavy atom. The van der Waals surface area contributed by atoms with Crippen LogP contribution in [0.3, 0.4) is 0 Å². The average Bonchev–Trinajstić information content (AvgIpc) is 3.48. The van der Waals surface area contributed by atoms with Crippen LogP contribution >= 0.6 is 0 Å². The fourth-order valence-corrected chi connectivity index (χ4v) is 5.74. The number of ether oxygens (including phenoxy) is 1. The quantitative estimate of drug-likeness (QED) is 0.528. The van der Waals surface area contributed by atoms with E-state index in [1.165, 1.54) is 4.90 Å². The predicted octanol–water partition coefficient (Wildman–Crippen LogP) is 4.29. The summed E-state index contributed by atoms with van der Waals surface area (Å²) in [6.07, 6.45) is -0.321. The molecule has 12 heteroatoms. The highest BCUT2D eigenvalue weighted by Crippen LogP contribution is 2.45. The van der Waals surface area contributed by atoms with Gasteiger partial charge in [-0.3, -0.25) is 9.62 Å². The van der Waals surface area contributed by atoms with Crippen molar-refractivity contribution in [2.75, 3.05) is 6.54 Å². The fourth-order valence-electron chi connectivity index (χ4n) is 4.38. The van der Waals surface area contributed by atoms with Crippen molar-refractivity contribution in [3.05, 3.63) is 41.0 Å². The van der Waals surface area contributed by atoms with E-state index in [1.807, 2.05) is 27.7 Å². The standard InChI is InChI=1S/C26H37BF2N2O6S/c1-23(2,3)35-22(32)31-15-9-12-19(30-38(33,34)26(29)13-14-26)20(31)16-17-10-8-11-18(21(17)28)27-36-24(4,5)25(6,7)37-27/h8,10-11,30H,9,12-16H2,1-7H3. The maximum atomic E-state index is 15.9. The van der Waals surface area contributed by atoms with Crippen molar-refractivity contribution < 1.29 is 36.0 Å². The molecule has 2 fully saturated rings. The van der Waals surface area contributed by atoms with Crippen LogP contribution in [0.1, 0.15) is 79.7 Å². The molecule has 38 heavy (non-hydrogen) atoms. The molecule has 4 rings (SSSR count). The van der Waals surface area contributed by atoms with Gasteiger partial charge in [-0.15, -0.1) is 0 Å². The Balaban J connectivity index is 1.72. The van der Waals surface area contributed by atoms with Gasteiger partial charge in [0.05, 0.1) is 11.2 Å². The third-order valence-corrected chi connectivity index (χ3v) is 9.34. The van der Waals surface area contributed by atoms with Crippen molar-refractivity contribution in [3.8, 4) is 0 Å². The monoisotopic (exact) mass is 554 g/mol. The zero-order valence-electron chi connectivity index (χ0n) is 23.1. The summed E-state index contributed by atoms with van der Waals surface area (Å²) < 4.78 is 76.0. The summed E-state index contributed by atoms with van der Waals surface area (Å²) in [5, 5.41) is -2.33. The second-order valence-electron chi connectivity index (χ2n) is 12.2. The van der Waals surface area contributed by atoms with Gasteiger partial charge in [0.1, 0.15) is 11.4 Å². The molecule has 0 spiro atoms. The summed E-state index contributed by atoms with van der Waals surface area (Å²) in [4.78, 5) is 14.4. The first-order valence-electron chi connectivity index (χ1n) is 12.9. The number of alkyl halides is 1. The topological polar surface area (TPSA) is 94.2 Å². The van der Waals surface area contributed by atoms with E-state index in [2.05, 4.69) is 4.72 Å². The van der Waals surface area contributed by atoms with Crippen LogP contribution in [0.15, 0.2) is 29.6 Å². The Kier molecular flexibility index (Phi) is 7.19. The van der Waals surface area contributed by atoms with E-state index >= 15 is 4.39 Å². The molecule has 1 saturated heterocycles. The number of sulfonamides is 1. The molecular weight excluding hydrogens is 517 g/mol. The van der Waals surface area contributed by atoms with Crippen molar-refractivity contribution in [2.24, 2.45) is 0 Å². The summed E-state index contributed by atoms with van der Waals surface area (Å²) in [7, 11) is -5.28. The number of carbonyl (C=O) groups excluding carboxylic acids is 1. The number of hydrogen-bond donors (Lipinski definition) is 1. The van der Waals surface area contributed by atoms with Gasteiger partial charge in [0.25, 0.3) is 10.0 Å². The van der Waals surface area contributed by atoms with Crippen LogP contribution in [0, 0.1) is 5.82 Å². The molecule has 3 aliphatic rings. The van der Waals surface area contributed by atoms with E-state index in [-0.39, 0.29) is 54.6 Å². The third-order valence-electron chi connectivity index (χ3n) is 7.45. The predicted molar refractivity (Wildman–Crippen MR) is 140 cm³/mol. The highest BCUT2D eigenvalue weighted by atomic mass is 32.2. The first-order valence-corrected chi connectivity index (χ1v) is 14.4. The summed E-state index contributed by atoms with van der Waals surface area (Å²) in [5.41, 5.74) is -1.36. The van der Waals surface area contributed by atoms with E-state index in [0.717, 1.165) is 0 Å². The van der Waals surface area contributed by atoms with Crippen LogP contribution in [0.25, 0.3) is 0 Å². The number of carbonyl (C=O) groups is 1. The second-order valence-corrected chi connectivity index (χ2v) is 14.2. The van der Waals surface area contributed by atoms with Gasteiger partial charge in [0, 0.05) is 42.7 Å². The first kappa shape index (κ1) is 28.8. The van der Waals surface area contributed by atoms with Crippen molar-refractivity contribution >= 4 is 28.7 Å². The Morgan fingerprint density at radius 2 is 1.76 bits per heavy atom. The lowest BCUT2D eigenvalue weighted by Crippen LogP contribution is -2.43. The molecular formula is C26H37BF2N2O6S. The molecule has 2 heterocycles. The summed E-state index contributed by atoms with van der Waals surface area (Å²) >= 11 is 0. The number of halogens is 2. The van der Waals surface area contributed by atoms with Gasteiger partial charge in [0.2, 0.25) is 5.00 Å². The third kappa shape index (κ3) is 5.58. The zero-order valence-corrected chi connectivity index (χ0v) is 23.9. The van der Waals surface area contributed by atoms with Crippen LogP contribution in [-0.4, -0.2) is 54.9 Å². The molecule has 1 aromatic rings. The van der Waals surface area contributed by atoms with Crippen LogP contribution in [0.2, 0.25) is 0 Å². The van der Waals surface area contributed by atoms with Gasteiger partial charge in [-0.2, -0.15) is 0 Å². The van der Waals surface area contributed by atoms with E-state index < -0.39 is 50.9 Å². The molecule has 0 aromatic heterocycles. The Hall–Kier alpha value is -2.18. The van der Waals surface area contributed by atoms with Crippen LogP contribution in [-0.2, 0) is 30.5 Å². The summed E-state index contributed by atoms with van der Waals surface area (Å²) in [6, 6.07) is 4.79. The fraction of sp³-hybridized carbons (Fsp3) is 0.654. The zero-order chi connectivity index (χ0) is 28.3. The van der Waals surface area contributed by atoms with E-state index in [1.54, 1.807) is 39.0 Å². The van der Waals surface area contributed by atoms with E-state index in [0.29, 0.717) is 6.42 Å². The van der Waals surface area contributed by atoms with Gasteiger partial charge in [-0.05, 0) is 66.9 Å². The highest BCUT2D eigenvalue weighted by Gasteiger charge is 2.56. The molecule has 1 N–H and O–H groups in total. The number of rotatable bonds is 6. The minimum atomic E-state index is -4.34. The Bertz CT molecular complexity index is 1240. The molecule has 1 saturated carbocycles. The van der Waals surface area contributed by atoms with Gasteiger partial charge in [-0.1, -0.05) is 18.2 Å². The highest BCUT2D eigenvalue weighted by molar-refractivity contribution is 7.91. The van der Waals surface area contributed by atoms with E-state index in [9.17, 15) is 17.6 Å². The number of allylic oxidation sites excluding steroid dienone is 2. The molecule has 0 radical (unpaired) electrons. The molecule has 0 unspecified atom stereocenters. The normalized spacial score (nSPS) is 22.4. The van der Waals surface area contributed by atoms with Crippen LogP contribution < -0.4 is 10.2 Å². The first-order chi connectivity index (χ1) is 17.4. The molecule has 210 valence electrons. The number of hydrogen-bond acceptors (Lipinski definition) is 6. The van der Waals surface area contributed by atoms with Crippen molar-refractivity contribution in [1.29, 1.82) is 0 Å². The maximum absolute atomic E-state index is 15.9. The Labute approximate surface area is 224 Å². The molecule has 0 atom stereocenters. The Morgan fingerprint density at radius 3 is 2.32 bits per heavy atom. The number of amides is 1. The molecule has 1 aromatic carbocycles. The SMILES string of the molecule is CC(C)(C)OC(=O)N1CCCC(NS(=O)(=O)C2(F)CC2)=C1Cc1cccc(B2OC(C)(C)C(C)(C)O2)c1F. The minimum Gasteiger partial charge on any atom is -0.443 e. The lowest BCUT2D eigenvalue weighted by molar-refractivity contribution is 0.00578. The molecule has 1 amide bonds. The largest absolute Gasteiger partial charge is 0.497 e. The number of nitrogens with zero attached hydrogens (tertiary/aromatic N) is 1. The van der Waals surface area contributed by atoms with Crippen molar-refractivity contribution in [1.82, 2.24) is 9.62 Å². The lowest BCUT2D eigenvalue weighted by atomic mass is 9.77. The molecule has 0 bridgehead atoms. The van der Waals surface area contributed by atoms with Gasteiger partial charge < -0.3 is 14.0 Å². The van der Waals surface area contributed by atoms with Gasteiger partial charge in [-0.25, -0.2) is 22.0 Å². The lowest BCUT2D eigenvalue weighted by Gasteiger charge is -2.34. The summed E-state index contributed by atoms with van der Waals surface area (Å²) in [6.45, 7) is 12.9. The molecule has 1 aliphatic carbocycles. The van der Waals surface area contributed by atoms with Crippen molar-refractivity contribution in [3.63, 3.8) is 0 Å². The van der Waals surface area contributed by atoms with Crippen LogP contribution in [0.5, 0.6) is 0 Å². The molecule has 8 nitrogen and oxygen atoms in total. The maximum Gasteiger partial charge on any atom is 0.497 e. The van der Waals surface area contributed by atoms with Crippen molar-refractivity contribution in [2.45, 2.75) is 102 Å². The second kappa shape index (κ2) is 9.48. The van der Waals surface area contributed by atoms with Gasteiger partial charge in [0.15, 0.2) is 0 Å². The van der Waals surface area contributed by atoms with Crippen LogP contribution in [0.4, 0.5) is 13.6 Å². The average molecular weight is 554 g/mol. The number of benzene rings is 1. The number of nitrogens with one attached hydrogen (secondary N) is 1. The van der Waals surface area contributed by atoms with Gasteiger partial charge >= 0.3 is 13.2 Å². The summed E-state index contributed by atoms with van der Waals surface area (Å²) in [5.74, 6) is -0.584.